The van der Waals surface area contributed by atoms with Gasteiger partial charge >= 0.3 is 0 Å². The summed E-state index contributed by atoms with van der Waals surface area (Å²) in [7, 11) is 0. The third-order valence-electron chi connectivity index (χ3n) is 7.26. The number of hydrogen-bond acceptors (Lipinski definition) is 4. The van der Waals surface area contributed by atoms with E-state index >= 15 is 0 Å². The molecular formula is C30H32ClNO3. The van der Waals surface area contributed by atoms with Crippen molar-refractivity contribution in [2.45, 2.75) is 65.9 Å². The third kappa shape index (κ3) is 4.69. The summed E-state index contributed by atoms with van der Waals surface area (Å²) in [5.41, 5.74) is 5.05. The second-order valence-electron chi connectivity index (χ2n) is 11.7. The monoisotopic (exact) mass is 489 g/mol. The minimum atomic E-state index is -0.364. The molecule has 0 bridgehead atoms. The Kier molecular flexibility index (Phi) is 5.91. The van der Waals surface area contributed by atoms with Gasteiger partial charge in [0.1, 0.15) is 12.4 Å². The number of ketones is 2. The number of Topliss-reactive ketones (excluding diaryl/α,β-unsaturated/α-hetero) is 2. The Labute approximate surface area is 212 Å². The fourth-order valence-electron chi connectivity index (χ4n) is 5.78. The summed E-state index contributed by atoms with van der Waals surface area (Å²) in [6.07, 6.45) is 2.54. The average molecular weight is 490 g/mol. The molecule has 0 radical (unpaired) electrons. The van der Waals surface area contributed by atoms with Crippen LogP contribution in [0.1, 0.15) is 70.4 Å². The topological polar surface area (TPSA) is 55.4 Å². The third-order valence-corrected chi connectivity index (χ3v) is 7.63. The fraction of sp³-hybridized carbons (Fsp3) is 0.400. The van der Waals surface area contributed by atoms with Gasteiger partial charge in [0.15, 0.2) is 11.6 Å². The lowest BCUT2D eigenvalue weighted by Gasteiger charge is -2.44. The number of carbonyl (C=O) groups is 2. The molecule has 0 aromatic heterocycles. The molecule has 0 saturated heterocycles. The summed E-state index contributed by atoms with van der Waals surface area (Å²) >= 11 is 6.30. The maximum atomic E-state index is 13.5. The molecule has 0 atom stereocenters. The zero-order valence-electron chi connectivity index (χ0n) is 20.8. The Morgan fingerprint density at radius 1 is 0.857 bits per heavy atom. The number of rotatable bonds is 4. The molecule has 3 aliphatic rings. The van der Waals surface area contributed by atoms with Crippen molar-refractivity contribution < 1.29 is 14.3 Å². The van der Waals surface area contributed by atoms with Gasteiger partial charge in [-0.2, -0.15) is 0 Å². The lowest BCUT2D eigenvalue weighted by Crippen LogP contribution is -2.42. The van der Waals surface area contributed by atoms with E-state index in [1.807, 2.05) is 48.5 Å². The van der Waals surface area contributed by atoms with Gasteiger partial charge in [0.2, 0.25) is 0 Å². The Balaban J connectivity index is 1.56. The summed E-state index contributed by atoms with van der Waals surface area (Å²) in [6, 6.07) is 15.4. The molecule has 1 N–H and O–H groups in total. The van der Waals surface area contributed by atoms with E-state index in [1.54, 1.807) is 0 Å². The molecule has 0 amide bonds. The van der Waals surface area contributed by atoms with Gasteiger partial charge < -0.3 is 10.1 Å². The first kappa shape index (κ1) is 23.9. The smallest absolute Gasteiger partial charge is 0.162 e. The van der Waals surface area contributed by atoms with Gasteiger partial charge in [-0.3, -0.25) is 9.59 Å². The van der Waals surface area contributed by atoms with Gasteiger partial charge in [-0.1, -0.05) is 69.6 Å². The molecule has 2 aliphatic carbocycles. The van der Waals surface area contributed by atoms with Crippen LogP contribution in [0.4, 0.5) is 0 Å². The van der Waals surface area contributed by atoms with Gasteiger partial charge in [-0.15, -0.1) is 0 Å². The summed E-state index contributed by atoms with van der Waals surface area (Å²) in [4.78, 5) is 27.0. The standard InChI is InChI=1S/C30H32ClNO3/c1-29(2)13-22-27(24(33)15-29)26(28-23(32-22)14-30(3,4)16-25(28)34)18-9-7-10-20(12-18)35-17-19-8-5-6-11-21(19)31/h5-12,26,32H,13-17H2,1-4H3. The van der Waals surface area contributed by atoms with Crippen LogP contribution < -0.4 is 10.1 Å². The molecule has 0 saturated carbocycles. The van der Waals surface area contributed by atoms with Gasteiger partial charge in [0, 0.05) is 51.9 Å². The molecule has 182 valence electrons. The van der Waals surface area contributed by atoms with Crippen LogP contribution in [0.25, 0.3) is 0 Å². The van der Waals surface area contributed by atoms with E-state index in [0.717, 1.165) is 46.5 Å². The van der Waals surface area contributed by atoms with Crippen molar-refractivity contribution in [3.63, 3.8) is 0 Å². The Morgan fingerprint density at radius 3 is 2.06 bits per heavy atom. The lowest BCUT2D eigenvalue weighted by atomic mass is 9.64. The molecule has 1 heterocycles. The van der Waals surface area contributed by atoms with Crippen molar-refractivity contribution in [2.75, 3.05) is 0 Å². The van der Waals surface area contributed by atoms with Crippen LogP contribution in [0.2, 0.25) is 5.02 Å². The molecule has 4 nitrogen and oxygen atoms in total. The number of halogens is 1. The Bertz CT molecular complexity index is 1230. The SMILES string of the molecule is CC1(C)CC(=O)C2=C(C1)NC1=C(C(=O)CC(C)(C)C1)C2c1cccc(OCc2ccccc2Cl)c1. The van der Waals surface area contributed by atoms with Crippen molar-refractivity contribution in [3.05, 3.63) is 87.2 Å². The van der Waals surface area contributed by atoms with Crippen molar-refractivity contribution >= 4 is 23.2 Å². The number of carbonyl (C=O) groups excluding carboxylic acids is 2. The van der Waals surface area contributed by atoms with Crippen LogP contribution in [0.3, 0.4) is 0 Å². The second-order valence-corrected chi connectivity index (χ2v) is 12.1. The summed E-state index contributed by atoms with van der Waals surface area (Å²) in [6.45, 7) is 8.88. The Morgan fingerprint density at radius 2 is 1.46 bits per heavy atom. The van der Waals surface area contributed by atoms with Gasteiger partial charge in [0.05, 0.1) is 0 Å². The lowest BCUT2D eigenvalue weighted by molar-refractivity contribution is -0.119. The van der Waals surface area contributed by atoms with Crippen LogP contribution in [0.15, 0.2) is 71.1 Å². The molecule has 2 aromatic rings. The molecule has 5 heteroatoms. The molecular weight excluding hydrogens is 458 g/mol. The van der Waals surface area contributed by atoms with Gasteiger partial charge in [-0.05, 0) is 47.4 Å². The number of dihydropyridines is 1. The van der Waals surface area contributed by atoms with E-state index in [-0.39, 0.29) is 28.3 Å². The second kappa shape index (κ2) is 8.67. The number of allylic oxidation sites excluding steroid dienone is 4. The van der Waals surface area contributed by atoms with E-state index < -0.39 is 0 Å². The predicted octanol–water partition coefficient (Wildman–Crippen LogP) is 6.89. The number of nitrogens with one attached hydrogen (secondary N) is 1. The first-order chi connectivity index (χ1) is 16.5. The van der Waals surface area contributed by atoms with Crippen molar-refractivity contribution in [3.8, 4) is 5.75 Å². The zero-order chi connectivity index (χ0) is 25.0. The molecule has 0 spiro atoms. The van der Waals surface area contributed by atoms with Crippen LogP contribution in [0.5, 0.6) is 5.75 Å². The first-order valence-electron chi connectivity index (χ1n) is 12.3. The van der Waals surface area contributed by atoms with Crippen LogP contribution in [-0.2, 0) is 16.2 Å². The minimum Gasteiger partial charge on any atom is -0.489 e. The highest BCUT2D eigenvalue weighted by atomic mass is 35.5. The molecule has 0 fully saturated rings. The number of ether oxygens (including phenoxy) is 1. The van der Waals surface area contributed by atoms with Crippen molar-refractivity contribution in [1.29, 1.82) is 0 Å². The summed E-state index contributed by atoms with van der Waals surface area (Å²) in [5, 5.41) is 4.23. The van der Waals surface area contributed by atoms with Crippen molar-refractivity contribution in [2.24, 2.45) is 10.8 Å². The largest absolute Gasteiger partial charge is 0.489 e. The molecule has 1 aliphatic heterocycles. The molecule has 2 aromatic carbocycles. The summed E-state index contributed by atoms with van der Waals surface area (Å²) in [5.74, 6) is 0.579. The van der Waals surface area contributed by atoms with Crippen molar-refractivity contribution in [1.82, 2.24) is 5.32 Å². The van der Waals surface area contributed by atoms with Gasteiger partial charge in [0.25, 0.3) is 0 Å². The quantitative estimate of drug-likeness (QED) is 0.508. The van der Waals surface area contributed by atoms with E-state index in [1.165, 1.54) is 0 Å². The average Bonchev–Trinajstić information content (AvgIpc) is 2.75. The fourth-order valence-corrected chi connectivity index (χ4v) is 5.97. The zero-order valence-corrected chi connectivity index (χ0v) is 21.6. The van der Waals surface area contributed by atoms with Crippen LogP contribution in [-0.4, -0.2) is 11.6 Å². The highest BCUT2D eigenvalue weighted by Crippen LogP contribution is 2.51. The van der Waals surface area contributed by atoms with Crippen LogP contribution >= 0.6 is 11.6 Å². The van der Waals surface area contributed by atoms with E-state index in [2.05, 4.69) is 33.0 Å². The normalized spacial score (nSPS) is 21.4. The Hall–Kier alpha value is -2.85. The van der Waals surface area contributed by atoms with E-state index in [4.69, 9.17) is 16.3 Å². The van der Waals surface area contributed by atoms with E-state index in [9.17, 15) is 9.59 Å². The maximum absolute atomic E-state index is 13.5. The minimum absolute atomic E-state index is 0.111. The molecule has 35 heavy (non-hydrogen) atoms. The highest BCUT2D eigenvalue weighted by Gasteiger charge is 2.46. The predicted molar refractivity (Wildman–Crippen MR) is 138 cm³/mol. The maximum Gasteiger partial charge on any atom is 0.162 e. The number of hydrogen-bond donors (Lipinski definition) is 1. The molecule has 0 unspecified atom stereocenters. The van der Waals surface area contributed by atoms with Gasteiger partial charge in [-0.25, -0.2) is 0 Å². The molecule has 5 rings (SSSR count). The highest BCUT2D eigenvalue weighted by molar-refractivity contribution is 6.31. The summed E-state index contributed by atoms with van der Waals surface area (Å²) < 4.78 is 6.09. The van der Waals surface area contributed by atoms with Crippen LogP contribution in [0, 0.1) is 10.8 Å². The van der Waals surface area contributed by atoms with E-state index in [0.29, 0.717) is 30.2 Å². The number of benzene rings is 2. The first-order valence-corrected chi connectivity index (χ1v) is 12.7.